The van der Waals surface area contributed by atoms with Crippen molar-refractivity contribution in [3.63, 3.8) is 0 Å². The van der Waals surface area contributed by atoms with Gasteiger partial charge in [0, 0.05) is 29.6 Å². The number of nitrogens with one attached hydrogen (secondary N) is 2. The largest absolute Gasteiger partial charge is 0.482 e. The smallest absolute Gasteiger partial charge is 0.422 e. The fourth-order valence-corrected chi connectivity index (χ4v) is 3.56. The second-order valence-electron chi connectivity index (χ2n) is 6.13. The highest BCUT2D eigenvalue weighted by Gasteiger charge is 2.29. The lowest BCUT2D eigenvalue weighted by molar-refractivity contribution is -0.153. The summed E-state index contributed by atoms with van der Waals surface area (Å²) >= 11 is 7.03. The molecule has 0 radical (unpaired) electrons. The third-order valence-corrected chi connectivity index (χ3v) is 4.95. The van der Waals surface area contributed by atoms with Crippen molar-refractivity contribution in [2.24, 2.45) is 0 Å². The molecule has 1 aromatic heterocycles. The van der Waals surface area contributed by atoms with E-state index in [1.807, 2.05) is 0 Å². The molecule has 0 unspecified atom stereocenters. The van der Waals surface area contributed by atoms with Crippen LogP contribution in [0.5, 0.6) is 5.75 Å². The molecule has 0 spiro atoms. The first-order valence-corrected chi connectivity index (χ1v) is 9.76. The van der Waals surface area contributed by atoms with Gasteiger partial charge in [0.1, 0.15) is 5.75 Å². The van der Waals surface area contributed by atoms with E-state index in [4.69, 9.17) is 16.3 Å². The first kappa shape index (κ1) is 21.2. The first-order chi connectivity index (χ1) is 13.7. The molecule has 2 aromatic rings. The number of nitrogens with zero attached hydrogens (tertiary/aromatic N) is 2. The molecule has 1 fully saturated rings. The number of hydrogen-bond acceptors (Lipinski definition) is 5. The zero-order valence-corrected chi connectivity index (χ0v) is 16.5. The number of rotatable bonds is 6. The highest BCUT2D eigenvalue weighted by Crippen LogP contribution is 2.30. The van der Waals surface area contributed by atoms with Gasteiger partial charge >= 0.3 is 12.2 Å². The van der Waals surface area contributed by atoms with Gasteiger partial charge in [0.05, 0.1) is 17.8 Å². The van der Waals surface area contributed by atoms with E-state index in [0.717, 1.165) is 6.42 Å². The molecular weight excluding hydrogens is 433 g/mol. The summed E-state index contributed by atoms with van der Waals surface area (Å²) in [6.45, 7) is -0.366. The number of carbonyl (C=O) groups is 2. The lowest BCUT2D eigenvalue weighted by atomic mass is 10.2. The van der Waals surface area contributed by atoms with Crippen molar-refractivity contribution in [2.45, 2.75) is 19.0 Å². The second-order valence-corrected chi connectivity index (χ2v) is 7.40. The molecule has 1 saturated heterocycles. The van der Waals surface area contributed by atoms with Crippen LogP contribution in [0.3, 0.4) is 0 Å². The zero-order valence-electron chi connectivity index (χ0n) is 14.9. The molecule has 29 heavy (non-hydrogen) atoms. The molecule has 0 bridgehead atoms. The predicted molar refractivity (Wildman–Crippen MR) is 103 cm³/mol. The van der Waals surface area contributed by atoms with Crippen LogP contribution in [0.25, 0.3) is 0 Å². The van der Waals surface area contributed by atoms with Crippen LogP contribution in [-0.4, -0.2) is 42.8 Å². The Kier molecular flexibility index (Phi) is 6.48. The van der Waals surface area contributed by atoms with Crippen molar-refractivity contribution in [3.8, 4) is 5.75 Å². The minimum atomic E-state index is -4.53. The summed E-state index contributed by atoms with van der Waals surface area (Å²) in [6.07, 6.45) is -3.85. The number of anilines is 2. The van der Waals surface area contributed by atoms with Crippen molar-refractivity contribution < 1.29 is 27.5 Å². The molecule has 1 aliphatic heterocycles. The van der Waals surface area contributed by atoms with Crippen molar-refractivity contribution in [3.05, 3.63) is 34.3 Å². The van der Waals surface area contributed by atoms with Crippen LogP contribution in [0, 0.1) is 0 Å². The Hall–Kier alpha value is -2.53. The SMILES string of the molecule is O=C(Cc1csc(N2CCCNC2=O)n1)Nc1ccc(Cl)cc1OCC(F)(F)F. The lowest BCUT2D eigenvalue weighted by Gasteiger charge is -2.24. The van der Waals surface area contributed by atoms with E-state index in [1.54, 1.807) is 5.38 Å². The standard InChI is InChI=1S/C17H16ClF3N4O3S/c18-10-2-3-12(13(6-10)28-9-17(19,20)21)24-14(26)7-11-8-29-16(23-11)25-5-1-4-22-15(25)27/h2-3,6,8H,1,4-5,7,9H2,(H,22,27)(H,24,26). The van der Waals surface area contributed by atoms with Gasteiger partial charge in [-0.2, -0.15) is 13.2 Å². The number of ether oxygens (including phenoxy) is 1. The van der Waals surface area contributed by atoms with Gasteiger partial charge in [-0.25, -0.2) is 9.78 Å². The molecular formula is C17H16ClF3N4O3S. The fourth-order valence-electron chi connectivity index (χ4n) is 2.55. The summed E-state index contributed by atoms with van der Waals surface area (Å²) in [6, 6.07) is 3.73. The molecule has 1 aliphatic rings. The van der Waals surface area contributed by atoms with Crippen LogP contribution in [0.4, 0.5) is 28.8 Å². The molecule has 3 amide bonds. The molecule has 0 saturated carbocycles. The topological polar surface area (TPSA) is 83.6 Å². The Morgan fingerprint density at radius 3 is 2.93 bits per heavy atom. The average molecular weight is 449 g/mol. The van der Waals surface area contributed by atoms with Crippen LogP contribution in [-0.2, 0) is 11.2 Å². The van der Waals surface area contributed by atoms with E-state index < -0.39 is 18.7 Å². The van der Waals surface area contributed by atoms with Crippen molar-refractivity contribution in [1.82, 2.24) is 10.3 Å². The van der Waals surface area contributed by atoms with Crippen LogP contribution in [0.15, 0.2) is 23.6 Å². The van der Waals surface area contributed by atoms with Crippen LogP contribution in [0.1, 0.15) is 12.1 Å². The van der Waals surface area contributed by atoms with Gasteiger partial charge in [-0.05, 0) is 18.6 Å². The van der Waals surface area contributed by atoms with Crippen molar-refractivity contribution >= 4 is 45.7 Å². The lowest BCUT2D eigenvalue weighted by Crippen LogP contribution is -2.46. The zero-order chi connectivity index (χ0) is 21.0. The quantitative estimate of drug-likeness (QED) is 0.703. The summed E-state index contributed by atoms with van der Waals surface area (Å²) in [7, 11) is 0. The van der Waals surface area contributed by atoms with Gasteiger partial charge in [-0.3, -0.25) is 9.69 Å². The normalized spacial score (nSPS) is 14.5. The predicted octanol–water partition coefficient (Wildman–Crippen LogP) is 3.84. The number of urea groups is 1. The number of carbonyl (C=O) groups excluding carboxylic acids is 2. The highest BCUT2D eigenvalue weighted by atomic mass is 35.5. The van der Waals surface area contributed by atoms with E-state index in [1.165, 1.54) is 34.4 Å². The Bertz CT molecular complexity index is 906. The molecule has 0 atom stereocenters. The average Bonchev–Trinajstić information content (AvgIpc) is 3.09. The Balaban J connectivity index is 1.64. The monoisotopic (exact) mass is 448 g/mol. The van der Waals surface area contributed by atoms with Gasteiger partial charge in [-0.1, -0.05) is 11.6 Å². The maximum absolute atomic E-state index is 12.4. The maximum atomic E-state index is 12.4. The summed E-state index contributed by atoms with van der Waals surface area (Å²) in [5.41, 5.74) is 0.502. The van der Waals surface area contributed by atoms with Crippen molar-refractivity contribution in [2.75, 3.05) is 29.9 Å². The minimum absolute atomic E-state index is 0.0644. The molecule has 1 aromatic carbocycles. The van der Waals surface area contributed by atoms with E-state index >= 15 is 0 Å². The number of thiazole rings is 1. The number of alkyl halides is 3. The summed E-state index contributed by atoms with van der Waals surface area (Å²) < 4.78 is 42.0. The van der Waals surface area contributed by atoms with Crippen molar-refractivity contribution in [1.29, 1.82) is 0 Å². The second kappa shape index (κ2) is 8.87. The van der Waals surface area contributed by atoms with E-state index in [2.05, 4.69) is 15.6 Å². The summed E-state index contributed by atoms with van der Waals surface area (Å²) in [4.78, 5) is 30.0. The van der Waals surface area contributed by atoms with Crippen LogP contribution in [0.2, 0.25) is 5.02 Å². The number of hydrogen-bond donors (Lipinski definition) is 2. The van der Waals surface area contributed by atoms with Gasteiger partial charge < -0.3 is 15.4 Å². The molecule has 12 heteroatoms. The molecule has 156 valence electrons. The number of benzene rings is 1. The Morgan fingerprint density at radius 2 is 2.21 bits per heavy atom. The van der Waals surface area contributed by atoms with Crippen LogP contribution < -0.4 is 20.3 Å². The number of halogens is 4. The minimum Gasteiger partial charge on any atom is -0.482 e. The third-order valence-electron chi connectivity index (χ3n) is 3.80. The van der Waals surface area contributed by atoms with Gasteiger partial charge in [-0.15, -0.1) is 11.3 Å². The number of amides is 3. The Labute approximate surface area is 172 Å². The molecule has 3 rings (SSSR count). The maximum Gasteiger partial charge on any atom is 0.422 e. The van der Waals surface area contributed by atoms with Crippen LogP contribution >= 0.6 is 22.9 Å². The molecule has 2 heterocycles. The van der Waals surface area contributed by atoms with E-state index in [-0.39, 0.29) is 28.9 Å². The van der Waals surface area contributed by atoms with Gasteiger partial charge in [0.25, 0.3) is 0 Å². The van der Waals surface area contributed by atoms with E-state index in [9.17, 15) is 22.8 Å². The third kappa shape index (κ3) is 5.97. The number of aromatic nitrogens is 1. The molecule has 0 aliphatic carbocycles. The molecule has 2 N–H and O–H groups in total. The summed E-state index contributed by atoms with van der Waals surface area (Å²) in [5.74, 6) is -0.684. The van der Waals surface area contributed by atoms with E-state index in [0.29, 0.717) is 23.9 Å². The first-order valence-electron chi connectivity index (χ1n) is 8.50. The van der Waals surface area contributed by atoms with Gasteiger partial charge in [0.2, 0.25) is 5.91 Å². The fraction of sp³-hybridized carbons (Fsp3) is 0.353. The van der Waals surface area contributed by atoms with Gasteiger partial charge in [0.15, 0.2) is 11.7 Å². The highest BCUT2D eigenvalue weighted by molar-refractivity contribution is 7.14. The molecule has 7 nitrogen and oxygen atoms in total. The summed E-state index contributed by atoms with van der Waals surface area (Å²) in [5, 5.41) is 7.52. The Morgan fingerprint density at radius 1 is 1.41 bits per heavy atom.